The Morgan fingerprint density at radius 2 is 2.10 bits per heavy atom. The molecule has 0 aromatic carbocycles. The van der Waals surface area contributed by atoms with Crippen LogP contribution in [0.3, 0.4) is 0 Å². The summed E-state index contributed by atoms with van der Waals surface area (Å²) in [4.78, 5) is 7.86. The second kappa shape index (κ2) is 5.36. The number of nitrogens with zero attached hydrogens (tertiary/aromatic N) is 4. The van der Waals surface area contributed by atoms with E-state index in [0.717, 1.165) is 6.07 Å². The third-order valence-electron chi connectivity index (χ3n) is 2.78. The van der Waals surface area contributed by atoms with Crippen molar-refractivity contribution in [1.82, 2.24) is 14.5 Å². The van der Waals surface area contributed by atoms with E-state index in [4.69, 9.17) is 16.8 Å². The Morgan fingerprint density at radius 1 is 1.43 bits per heavy atom. The van der Waals surface area contributed by atoms with E-state index in [0.29, 0.717) is 17.7 Å². The molecule has 0 atom stereocenters. The summed E-state index contributed by atoms with van der Waals surface area (Å²) >= 11 is 5.87. The molecule has 0 saturated carbocycles. The van der Waals surface area contributed by atoms with E-state index in [1.165, 1.54) is 17.7 Å². The average Bonchev–Trinajstić information content (AvgIpc) is 2.78. The standard InChI is InChI=1S/C12H10ClF3N4O/c1-6(19-21)10-5-20(7(2)18-10)11-9(13)3-8(4-17-11)12(14,15)16/h3-5,21H,1-2H3. The van der Waals surface area contributed by atoms with Crippen LogP contribution >= 0.6 is 11.6 Å². The molecule has 0 bridgehead atoms. The highest BCUT2D eigenvalue weighted by atomic mass is 35.5. The summed E-state index contributed by atoms with van der Waals surface area (Å²) < 4.78 is 39.2. The molecule has 0 spiro atoms. The van der Waals surface area contributed by atoms with Gasteiger partial charge in [-0.1, -0.05) is 16.8 Å². The molecule has 21 heavy (non-hydrogen) atoms. The number of aryl methyl sites for hydroxylation is 1. The Kier molecular flexibility index (Phi) is 3.91. The zero-order valence-electron chi connectivity index (χ0n) is 11.0. The Labute approximate surface area is 122 Å². The average molecular weight is 319 g/mol. The summed E-state index contributed by atoms with van der Waals surface area (Å²) in [5.41, 5.74) is -0.296. The summed E-state index contributed by atoms with van der Waals surface area (Å²) in [5.74, 6) is 0.564. The smallest absolute Gasteiger partial charge is 0.411 e. The first kappa shape index (κ1) is 15.3. The number of hydrogen-bond acceptors (Lipinski definition) is 4. The highest BCUT2D eigenvalue weighted by Crippen LogP contribution is 2.32. The lowest BCUT2D eigenvalue weighted by Crippen LogP contribution is -2.08. The molecule has 2 heterocycles. The number of hydrogen-bond donors (Lipinski definition) is 1. The summed E-state index contributed by atoms with van der Waals surface area (Å²) in [6.45, 7) is 3.16. The zero-order valence-corrected chi connectivity index (χ0v) is 11.7. The van der Waals surface area contributed by atoms with Crippen LogP contribution in [0, 0.1) is 6.92 Å². The molecular formula is C12H10ClF3N4O. The molecule has 5 nitrogen and oxygen atoms in total. The van der Waals surface area contributed by atoms with Crippen LogP contribution in [0.4, 0.5) is 13.2 Å². The molecule has 0 aliphatic heterocycles. The van der Waals surface area contributed by atoms with Gasteiger partial charge in [0.25, 0.3) is 0 Å². The predicted molar refractivity (Wildman–Crippen MR) is 70.1 cm³/mol. The molecule has 0 fully saturated rings. The van der Waals surface area contributed by atoms with Crippen molar-refractivity contribution < 1.29 is 18.4 Å². The molecule has 2 aromatic heterocycles. The van der Waals surface area contributed by atoms with Gasteiger partial charge in [0.2, 0.25) is 0 Å². The number of alkyl halides is 3. The van der Waals surface area contributed by atoms with Gasteiger partial charge < -0.3 is 5.21 Å². The predicted octanol–water partition coefficient (Wildman–Crippen LogP) is 3.45. The van der Waals surface area contributed by atoms with Gasteiger partial charge in [-0.05, 0) is 19.9 Å². The summed E-state index contributed by atoms with van der Waals surface area (Å²) in [6, 6.07) is 0.802. The minimum atomic E-state index is -4.51. The quantitative estimate of drug-likeness (QED) is 0.524. The largest absolute Gasteiger partial charge is 0.417 e. The molecule has 0 unspecified atom stereocenters. The molecule has 2 aromatic rings. The van der Waals surface area contributed by atoms with E-state index in [-0.39, 0.29) is 16.6 Å². The summed E-state index contributed by atoms with van der Waals surface area (Å²) in [6.07, 6.45) is -2.33. The molecule has 0 aliphatic rings. The molecule has 0 saturated heterocycles. The van der Waals surface area contributed by atoms with Crippen molar-refractivity contribution in [2.75, 3.05) is 0 Å². The van der Waals surface area contributed by atoms with E-state index in [9.17, 15) is 13.2 Å². The van der Waals surface area contributed by atoms with Crippen molar-refractivity contribution in [2.24, 2.45) is 5.16 Å². The SMILES string of the molecule is CC(=NO)c1cn(-c2ncc(C(F)(F)F)cc2Cl)c(C)n1. The molecule has 0 radical (unpaired) electrons. The van der Waals surface area contributed by atoms with Gasteiger partial charge in [-0.25, -0.2) is 9.97 Å². The van der Waals surface area contributed by atoms with E-state index in [2.05, 4.69) is 15.1 Å². The maximum absolute atomic E-state index is 12.6. The Balaban J connectivity index is 2.51. The number of aromatic nitrogens is 3. The Morgan fingerprint density at radius 3 is 2.62 bits per heavy atom. The number of rotatable bonds is 2. The normalized spacial score (nSPS) is 12.8. The van der Waals surface area contributed by atoms with Crippen molar-refractivity contribution in [3.63, 3.8) is 0 Å². The highest BCUT2D eigenvalue weighted by molar-refractivity contribution is 6.32. The molecule has 0 amide bonds. The van der Waals surface area contributed by atoms with Crippen molar-refractivity contribution in [3.8, 4) is 5.82 Å². The van der Waals surface area contributed by atoms with Crippen molar-refractivity contribution in [1.29, 1.82) is 0 Å². The van der Waals surface area contributed by atoms with Crippen LogP contribution in [-0.2, 0) is 6.18 Å². The van der Waals surface area contributed by atoms with Crippen molar-refractivity contribution in [2.45, 2.75) is 20.0 Å². The van der Waals surface area contributed by atoms with Crippen molar-refractivity contribution in [3.05, 3.63) is 40.6 Å². The fourth-order valence-electron chi connectivity index (χ4n) is 1.68. The van der Waals surface area contributed by atoms with Crippen LogP contribution in [0.2, 0.25) is 5.02 Å². The highest BCUT2D eigenvalue weighted by Gasteiger charge is 2.31. The molecule has 9 heteroatoms. The lowest BCUT2D eigenvalue weighted by molar-refractivity contribution is -0.137. The molecule has 0 aliphatic carbocycles. The van der Waals surface area contributed by atoms with Gasteiger partial charge in [-0.3, -0.25) is 4.57 Å². The lowest BCUT2D eigenvalue weighted by Gasteiger charge is -2.10. The van der Waals surface area contributed by atoms with Gasteiger partial charge >= 0.3 is 6.18 Å². The van der Waals surface area contributed by atoms with Gasteiger partial charge in [0.05, 0.1) is 10.6 Å². The van der Waals surface area contributed by atoms with Gasteiger partial charge in [0.15, 0.2) is 5.82 Å². The van der Waals surface area contributed by atoms with Gasteiger partial charge in [-0.15, -0.1) is 0 Å². The monoisotopic (exact) mass is 318 g/mol. The van der Waals surface area contributed by atoms with E-state index in [1.807, 2.05) is 0 Å². The second-order valence-electron chi connectivity index (χ2n) is 4.26. The fraction of sp³-hybridized carbons (Fsp3) is 0.250. The van der Waals surface area contributed by atoms with Crippen LogP contribution in [0.1, 0.15) is 24.0 Å². The third kappa shape index (κ3) is 2.99. The minimum absolute atomic E-state index is 0.117. The van der Waals surface area contributed by atoms with E-state index >= 15 is 0 Å². The Hall–Kier alpha value is -2.09. The van der Waals surface area contributed by atoms with Crippen LogP contribution in [0.15, 0.2) is 23.6 Å². The van der Waals surface area contributed by atoms with Gasteiger partial charge in [0.1, 0.15) is 17.2 Å². The first-order valence-corrected chi connectivity index (χ1v) is 6.10. The summed E-state index contributed by atoms with van der Waals surface area (Å²) in [7, 11) is 0. The number of imidazole rings is 1. The first-order valence-electron chi connectivity index (χ1n) is 5.72. The number of oxime groups is 1. The number of halogens is 4. The van der Waals surface area contributed by atoms with E-state index < -0.39 is 11.7 Å². The van der Waals surface area contributed by atoms with E-state index in [1.54, 1.807) is 6.92 Å². The van der Waals surface area contributed by atoms with Crippen LogP contribution < -0.4 is 0 Å². The van der Waals surface area contributed by atoms with Gasteiger partial charge in [-0.2, -0.15) is 13.2 Å². The Bertz CT molecular complexity index is 709. The fourth-order valence-corrected chi connectivity index (χ4v) is 1.93. The van der Waals surface area contributed by atoms with Gasteiger partial charge in [0, 0.05) is 12.4 Å². The van der Waals surface area contributed by atoms with Crippen molar-refractivity contribution >= 4 is 17.3 Å². The third-order valence-corrected chi connectivity index (χ3v) is 3.06. The number of pyridine rings is 1. The zero-order chi connectivity index (χ0) is 15.8. The topological polar surface area (TPSA) is 63.3 Å². The minimum Gasteiger partial charge on any atom is -0.411 e. The first-order chi connectivity index (χ1) is 9.74. The lowest BCUT2D eigenvalue weighted by atomic mass is 10.2. The molecule has 1 N–H and O–H groups in total. The van der Waals surface area contributed by atoms with Crippen LogP contribution in [0.5, 0.6) is 0 Å². The summed E-state index contributed by atoms with van der Waals surface area (Å²) in [5, 5.41) is 11.6. The second-order valence-corrected chi connectivity index (χ2v) is 4.66. The maximum Gasteiger partial charge on any atom is 0.417 e. The van der Waals surface area contributed by atoms with Crippen LogP contribution in [-0.4, -0.2) is 25.5 Å². The molecule has 2 rings (SSSR count). The maximum atomic E-state index is 12.6. The molecule has 112 valence electrons. The molecular weight excluding hydrogens is 309 g/mol. The van der Waals surface area contributed by atoms with Crippen LogP contribution in [0.25, 0.3) is 5.82 Å².